The van der Waals surface area contributed by atoms with Crippen molar-refractivity contribution in [3.05, 3.63) is 0 Å². The van der Waals surface area contributed by atoms with Crippen LogP contribution in [0.15, 0.2) is 0 Å². The molecule has 0 fully saturated rings. The standard InChI is InChI=1S/C47H92O4/c1-5-9-13-15-17-19-21-23-25-27-29-31-33-35-37-39-41-47(45(48)50-43-11-7-3,46(49)51-44-12-8-4)42-40-38-36-34-32-30-28-26-24-22-20-18-16-14-10-6-2/h5-44H2,1-4H3. The summed E-state index contributed by atoms with van der Waals surface area (Å²) < 4.78 is 11.6. The summed E-state index contributed by atoms with van der Waals surface area (Å²) >= 11 is 0. The van der Waals surface area contributed by atoms with Gasteiger partial charge < -0.3 is 9.47 Å². The Morgan fingerprint density at radius 2 is 0.490 bits per heavy atom. The molecule has 4 heteroatoms. The van der Waals surface area contributed by atoms with Crippen molar-refractivity contribution >= 4 is 11.9 Å². The predicted octanol–water partition coefficient (Wildman–Crippen LogP) is 16.0. The number of hydrogen-bond acceptors (Lipinski definition) is 4. The number of esters is 2. The summed E-state index contributed by atoms with van der Waals surface area (Å²) in [4.78, 5) is 27.3. The van der Waals surface area contributed by atoms with E-state index in [0.717, 1.165) is 51.4 Å². The first-order valence-corrected chi connectivity index (χ1v) is 23.4. The van der Waals surface area contributed by atoms with Gasteiger partial charge in [-0.25, -0.2) is 0 Å². The summed E-state index contributed by atoms with van der Waals surface area (Å²) in [6, 6.07) is 0. The van der Waals surface area contributed by atoms with Gasteiger partial charge in [0.2, 0.25) is 0 Å². The quantitative estimate of drug-likeness (QED) is 0.0358. The highest BCUT2D eigenvalue weighted by molar-refractivity contribution is 6.00. The van der Waals surface area contributed by atoms with E-state index in [0.29, 0.717) is 26.1 Å². The Morgan fingerprint density at radius 1 is 0.294 bits per heavy atom. The van der Waals surface area contributed by atoms with Crippen LogP contribution in [-0.2, 0) is 19.1 Å². The lowest BCUT2D eigenvalue weighted by Crippen LogP contribution is -2.42. The molecular formula is C47H92O4. The van der Waals surface area contributed by atoms with Gasteiger partial charge in [-0.05, 0) is 25.7 Å². The lowest BCUT2D eigenvalue weighted by molar-refractivity contribution is -0.174. The number of unbranched alkanes of at least 4 members (excludes halogenated alkanes) is 32. The number of carbonyl (C=O) groups is 2. The lowest BCUT2D eigenvalue weighted by atomic mass is 9.77. The maximum atomic E-state index is 13.7. The van der Waals surface area contributed by atoms with E-state index in [1.807, 2.05) is 0 Å². The van der Waals surface area contributed by atoms with Crippen molar-refractivity contribution < 1.29 is 19.1 Å². The van der Waals surface area contributed by atoms with Gasteiger partial charge >= 0.3 is 11.9 Å². The topological polar surface area (TPSA) is 52.6 Å². The van der Waals surface area contributed by atoms with Crippen molar-refractivity contribution in [1.82, 2.24) is 0 Å². The molecule has 0 aromatic carbocycles. The summed E-state index contributed by atoms with van der Waals surface area (Å²) in [6.45, 7) is 9.58. The fourth-order valence-electron chi connectivity index (χ4n) is 7.46. The van der Waals surface area contributed by atoms with Gasteiger partial charge in [-0.2, -0.15) is 0 Å². The van der Waals surface area contributed by atoms with Crippen LogP contribution < -0.4 is 0 Å². The maximum absolute atomic E-state index is 13.7. The first kappa shape index (κ1) is 49.9. The minimum absolute atomic E-state index is 0.320. The van der Waals surface area contributed by atoms with Gasteiger partial charge in [0.1, 0.15) is 0 Å². The third-order valence-corrected chi connectivity index (χ3v) is 11.2. The zero-order valence-corrected chi connectivity index (χ0v) is 35.4. The van der Waals surface area contributed by atoms with Crippen molar-refractivity contribution in [2.24, 2.45) is 5.41 Å². The van der Waals surface area contributed by atoms with E-state index < -0.39 is 5.41 Å². The lowest BCUT2D eigenvalue weighted by Gasteiger charge is -2.30. The molecule has 0 saturated heterocycles. The highest BCUT2D eigenvalue weighted by Gasteiger charge is 2.47. The smallest absolute Gasteiger partial charge is 0.323 e. The van der Waals surface area contributed by atoms with Crippen LogP contribution in [0.1, 0.15) is 272 Å². The minimum atomic E-state index is -1.13. The fourth-order valence-corrected chi connectivity index (χ4v) is 7.46. The second-order valence-corrected chi connectivity index (χ2v) is 16.2. The first-order chi connectivity index (χ1) is 25.1. The number of rotatable bonds is 42. The minimum Gasteiger partial charge on any atom is -0.465 e. The Bertz CT molecular complexity index is 659. The summed E-state index contributed by atoms with van der Waals surface area (Å²) in [5, 5.41) is 0. The van der Waals surface area contributed by atoms with Gasteiger partial charge in [-0.3, -0.25) is 9.59 Å². The van der Waals surface area contributed by atoms with Crippen LogP contribution in [-0.4, -0.2) is 25.2 Å². The van der Waals surface area contributed by atoms with Crippen LogP contribution in [0.4, 0.5) is 0 Å². The van der Waals surface area contributed by atoms with Crippen molar-refractivity contribution in [1.29, 1.82) is 0 Å². The van der Waals surface area contributed by atoms with Gasteiger partial charge in [-0.15, -0.1) is 0 Å². The largest absolute Gasteiger partial charge is 0.465 e. The van der Waals surface area contributed by atoms with Crippen molar-refractivity contribution in [2.45, 2.75) is 272 Å². The average Bonchev–Trinajstić information content (AvgIpc) is 3.13. The Morgan fingerprint density at radius 3 is 0.706 bits per heavy atom. The van der Waals surface area contributed by atoms with Crippen LogP contribution in [0, 0.1) is 5.41 Å². The predicted molar refractivity (Wildman–Crippen MR) is 222 cm³/mol. The van der Waals surface area contributed by atoms with Gasteiger partial charge in [0.05, 0.1) is 13.2 Å². The van der Waals surface area contributed by atoms with Gasteiger partial charge in [0, 0.05) is 0 Å². The third-order valence-electron chi connectivity index (χ3n) is 11.2. The normalized spacial score (nSPS) is 11.7. The Kier molecular flexibility index (Phi) is 39.3. The van der Waals surface area contributed by atoms with E-state index in [1.54, 1.807) is 0 Å². The molecule has 0 heterocycles. The second-order valence-electron chi connectivity index (χ2n) is 16.2. The molecule has 0 amide bonds. The molecule has 0 aliphatic rings. The molecular weight excluding hydrogens is 629 g/mol. The third kappa shape index (κ3) is 31.0. The molecule has 0 aromatic heterocycles. The molecule has 0 aliphatic heterocycles. The highest BCUT2D eigenvalue weighted by atomic mass is 16.6. The molecule has 51 heavy (non-hydrogen) atoms. The zero-order chi connectivity index (χ0) is 37.4. The zero-order valence-electron chi connectivity index (χ0n) is 35.4. The SMILES string of the molecule is CCCCCCCCCCCCCCCCCCC(CCCCCCCCCCCCCCCCCC)(C(=O)OCCCC)C(=O)OCCCC. The van der Waals surface area contributed by atoms with E-state index >= 15 is 0 Å². The Hall–Kier alpha value is -1.06. The Labute approximate surface area is 320 Å². The second kappa shape index (κ2) is 40.1. The van der Waals surface area contributed by atoms with Crippen molar-refractivity contribution in [2.75, 3.05) is 13.2 Å². The molecule has 0 radical (unpaired) electrons. The molecule has 0 unspecified atom stereocenters. The molecule has 0 spiro atoms. The van der Waals surface area contributed by atoms with Crippen LogP contribution in [0.5, 0.6) is 0 Å². The monoisotopic (exact) mass is 721 g/mol. The molecule has 0 aliphatic carbocycles. The van der Waals surface area contributed by atoms with Crippen LogP contribution in [0.2, 0.25) is 0 Å². The van der Waals surface area contributed by atoms with Crippen LogP contribution >= 0.6 is 0 Å². The Balaban J connectivity index is 4.55. The molecule has 4 nitrogen and oxygen atoms in total. The molecule has 0 bridgehead atoms. The molecule has 0 aromatic rings. The molecule has 0 atom stereocenters. The van der Waals surface area contributed by atoms with E-state index in [-0.39, 0.29) is 11.9 Å². The number of ether oxygens (including phenoxy) is 2. The molecule has 304 valence electrons. The summed E-state index contributed by atoms with van der Waals surface area (Å²) in [6.07, 6.45) is 46.8. The van der Waals surface area contributed by atoms with E-state index in [2.05, 4.69) is 27.7 Å². The van der Waals surface area contributed by atoms with Gasteiger partial charge in [-0.1, -0.05) is 246 Å². The fraction of sp³-hybridized carbons (Fsp3) is 0.957. The number of hydrogen-bond donors (Lipinski definition) is 0. The van der Waals surface area contributed by atoms with E-state index in [1.165, 1.54) is 180 Å². The maximum Gasteiger partial charge on any atom is 0.323 e. The average molecular weight is 721 g/mol. The first-order valence-electron chi connectivity index (χ1n) is 23.4. The molecule has 0 rings (SSSR count). The van der Waals surface area contributed by atoms with Gasteiger partial charge in [0.15, 0.2) is 5.41 Å². The molecule has 0 saturated carbocycles. The summed E-state index contributed by atoms with van der Waals surface area (Å²) in [5.74, 6) is -0.640. The number of carbonyl (C=O) groups excluding carboxylic acids is 2. The van der Waals surface area contributed by atoms with Crippen LogP contribution in [0.3, 0.4) is 0 Å². The summed E-state index contributed by atoms with van der Waals surface area (Å²) in [5.41, 5.74) is -1.13. The molecule has 0 N–H and O–H groups in total. The highest BCUT2D eigenvalue weighted by Crippen LogP contribution is 2.36. The van der Waals surface area contributed by atoms with Crippen LogP contribution in [0.25, 0.3) is 0 Å². The van der Waals surface area contributed by atoms with E-state index in [4.69, 9.17) is 9.47 Å². The summed E-state index contributed by atoms with van der Waals surface area (Å²) in [7, 11) is 0. The van der Waals surface area contributed by atoms with Crippen molar-refractivity contribution in [3.8, 4) is 0 Å². The van der Waals surface area contributed by atoms with E-state index in [9.17, 15) is 9.59 Å². The van der Waals surface area contributed by atoms with Gasteiger partial charge in [0.25, 0.3) is 0 Å². The van der Waals surface area contributed by atoms with Crippen molar-refractivity contribution in [3.63, 3.8) is 0 Å².